The molecule has 0 amide bonds. The molecule has 1 fully saturated rings. The average Bonchev–Trinajstić information content (AvgIpc) is 3.14. The maximum absolute atomic E-state index is 13.9. The van der Waals surface area contributed by atoms with Gasteiger partial charge in [0.05, 0.1) is 35.8 Å². The number of hydrogen-bond acceptors (Lipinski definition) is 6. The van der Waals surface area contributed by atoms with Gasteiger partial charge in [0.15, 0.2) is 9.84 Å². The zero-order chi connectivity index (χ0) is 24.0. The number of sulfone groups is 1. The minimum atomic E-state index is -3.65. The van der Waals surface area contributed by atoms with Crippen molar-refractivity contribution in [1.29, 1.82) is 0 Å². The summed E-state index contributed by atoms with van der Waals surface area (Å²) in [5.41, 5.74) is 2.69. The van der Waals surface area contributed by atoms with Crippen LogP contribution in [0.2, 0.25) is 0 Å². The first-order chi connectivity index (χ1) is 16.3. The summed E-state index contributed by atoms with van der Waals surface area (Å²) < 4.78 is 53.7. The molecule has 10 heteroatoms. The summed E-state index contributed by atoms with van der Waals surface area (Å²) in [5.74, 6) is 0.0955. The molecule has 0 saturated carbocycles. The van der Waals surface area contributed by atoms with E-state index in [9.17, 15) is 12.8 Å². The molecule has 7 nitrogen and oxygen atoms in total. The van der Waals surface area contributed by atoms with Gasteiger partial charge in [-0.3, -0.25) is 4.98 Å². The maximum atomic E-state index is 13.9. The van der Waals surface area contributed by atoms with Crippen molar-refractivity contribution in [2.24, 2.45) is 5.92 Å². The van der Waals surface area contributed by atoms with E-state index in [-0.39, 0.29) is 22.7 Å². The van der Waals surface area contributed by atoms with Crippen LogP contribution < -0.4 is 4.74 Å². The van der Waals surface area contributed by atoms with Gasteiger partial charge in [-0.25, -0.2) is 17.8 Å². The molecule has 34 heavy (non-hydrogen) atoms. The molecule has 178 valence electrons. The van der Waals surface area contributed by atoms with Crippen molar-refractivity contribution in [3.8, 4) is 5.88 Å². The molecule has 0 spiro atoms. The minimum absolute atomic E-state index is 0.0941. The summed E-state index contributed by atoms with van der Waals surface area (Å²) in [6.07, 6.45) is 5.73. The summed E-state index contributed by atoms with van der Waals surface area (Å²) in [4.78, 5) is 9.02. The molecule has 0 bridgehead atoms. The Hall–Kier alpha value is -2.56. The zero-order valence-corrected chi connectivity index (χ0v) is 21.1. The van der Waals surface area contributed by atoms with Crippen molar-refractivity contribution in [3.63, 3.8) is 0 Å². The van der Waals surface area contributed by atoms with Gasteiger partial charge in [-0.15, -0.1) is 0 Å². The first-order valence-corrected chi connectivity index (χ1v) is 13.5. The number of aromatic nitrogens is 3. The predicted octanol–water partition coefficient (Wildman–Crippen LogP) is 4.91. The highest BCUT2D eigenvalue weighted by atomic mass is 79.9. The topological polar surface area (TPSA) is 83.3 Å². The van der Waals surface area contributed by atoms with Crippen LogP contribution in [0.3, 0.4) is 0 Å². The SMILES string of the molecule is COc1ncc(S(C)(=O)=O)c2c1c1ncc(Br)cc1n2[C@H](c1ccc(F)cc1)C1CCOCC1. The lowest BCUT2D eigenvalue weighted by atomic mass is 9.86. The molecular formula is C24H23BrFN3O4S. The molecular weight excluding hydrogens is 525 g/mol. The second-order valence-corrected chi connectivity index (χ2v) is 11.4. The van der Waals surface area contributed by atoms with Gasteiger partial charge in [-0.1, -0.05) is 12.1 Å². The van der Waals surface area contributed by atoms with Crippen molar-refractivity contribution in [1.82, 2.24) is 14.5 Å². The third-order valence-electron chi connectivity index (χ3n) is 6.35. The van der Waals surface area contributed by atoms with Crippen LogP contribution in [0.15, 0.2) is 52.1 Å². The Kier molecular flexibility index (Phi) is 6.07. The van der Waals surface area contributed by atoms with Gasteiger partial charge >= 0.3 is 0 Å². The van der Waals surface area contributed by atoms with Crippen LogP contribution in [0, 0.1) is 11.7 Å². The number of fused-ring (bicyclic) bond motifs is 3. The second-order valence-electron chi connectivity index (χ2n) is 8.46. The smallest absolute Gasteiger partial charge is 0.224 e. The number of halogens is 2. The molecule has 5 rings (SSSR count). The lowest BCUT2D eigenvalue weighted by Gasteiger charge is -2.33. The normalized spacial score (nSPS) is 16.2. The number of nitrogens with zero attached hydrogens (tertiary/aromatic N) is 3. The summed E-state index contributed by atoms with van der Waals surface area (Å²) in [5, 5.41) is 0.534. The van der Waals surface area contributed by atoms with Crippen molar-refractivity contribution in [2.75, 3.05) is 26.6 Å². The van der Waals surface area contributed by atoms with Crippen LogP contribution in [-0.2, 0) is 14.6 Å². The number of ether oxygens (including phenoxy) is 2. The quantitative estimate of drug-likeness (QED) is 0.353. The second kappa shape index (κ2) is 8.90. The molecule has 0 aliphatic carbocycles. The monoisotopic (exact) mass is 547 g/mol. The van der Waals surface area contributed by atoms with Crippen LogP contribution >= 0.6 is 15.9 Å². The Morgan fingerprint density at radius 3 is 2.53 bits per heavy atom. The fraction of sp³-hybridized carbons (Fsp3) is 0.333. The van der Waals surface area contributed by atoms with Gasteiger partial charge in [0.1, 0.15) is 16.2 Å². The molecule has 1 aromatic carbocycles. The van der Waals surface area contributed by atoms with Gasteiger partial charge in [-0.2, -0.15) is 0 Å². The van der Waals surface area contributed by atoms with Crippen molar-refractivity contribution in [2.45, 2.75) is 23.8 Å². The van der Waals surface area contributed by atoms with Gasteiger partial charge in [0.2, 0.25) is 5.88 Å². The minimum Gasteiger partial charge on any atom is -0.480 e. The first-order valence-electron chi connectivity index (χ1n) is 10.8. The molecule has 1 aliphatic heterocycles. The Morgan fingerprint density at radius 2 is 1.88 bits per heavy atom. The summed E-state index contributed by atoms with van der Waals surface area (Å²) in [7, 11) is -2.15. The summed E-state index contributed by atoms with van der Waals surface area (Å²) in [6.45, 7) is 1.20. The van der Waals surface area contributed by atoms with Gasteiger partial charge in [-0.05, 0) is 58.5 Å². The predicted molar refractivity (Wildman–Crippen MR) is 130 cm³/mol. The molecule has 4 aromatic rings. The van der Waals surface area contributed by atoms with Crippen molar-refractivity contribution < 1.29 is 22.3 Å². The summed E-state index contributed by atoms with van der Waals surface area (Å²) in [6, 6.07) is 8.03. The standard InChI is InChI=1S/C24H23BrFN3O4S/c1-32-24-20-21-18(11-16(25)12-27-21)29(23(20)19(13-28-24)34(2,30)31)22(15-7-9-33-10-8-15)14-3-5-17(26)6-4-14/h3-6,11-13,15,22H,7-10H2,1-2H3/t22-/m1/s1. The van der Waals surface area contributed by atoms with E-state index in [1.165, 1.54) is 31.7 Å². The third-order valence-corrected chi connectivity index (χ3v) is 7.88. The van der Waals surface area contributed by atoms with Crippen LogP contribution in [0.4, 0.5) is 4.39 Å². The van der Waals surface area contributed by atoms with Gasteiger partial charge in [0.25, 0.3) is 0 Å². The van der Waals surface area contributed by atoms with E-state index in [2.05, 4.69) is 25.9 Å². The first kappa shape index (κ1) is 23.2. The molecule has 1 saturated heterocycles. The fourth-order valence-electron chi connectivity index (χ4n) is 4.88. The Balaban J connectivity index is 1.96. The van der Waals surface area contributed by atoms with E-state index in [1.54, 1.807) is 18.3 Å². The zero-order valence-electron chi connectivity index (χ0n) is 18.7. The molecule has 0 N–H and O–H groups in total. The highest BCUT2D eigenvalue weighted by molar-refractivity contribution is 9.10. The Labute approximate surface area is 205 Å². The van der Waals surface area contributed by atoms with E-state index in [0.717, 1.165) is 28.4 Å². The fourth-order valence-corrected chi connectivity index (χ4v) is 6.00. The van der Waals surface area contributed by atoms with Crippen LogP contribution in [0.1, 0.15) is 24.4 Å². The van der Waals surface area contributed by atoms with E-state index in [0.29, 0.717) is 35.5 Å². The lowest BCUT2D eigenvalue weighted by molar-refractivity contribution is 0.0552. The van der Waals surface area contributed by atoms with Crippen molar-refractivity contribution >= 4 is 47.7 Å². The van der Waals surface area contributed by atoms with Crippen molar-refractivity contribution in [3.05, 3.63) is 58.6 Å². The molecule has 4 heterocycles. The average molecular weight is 548 g/mol. The highest BCUT2D eigenvalue weighted by Crippen LogP contribution is 2.44. The third kappa shape index (κ3) is 3.97. The van der Waals surface area contributed by atoms with Gasteiger partial charge < -0.3 is 14.0 Å². The molecule has 1 aliphatic rings. The number of methoxy groups -OCH3 is 1. The van der Waals surface area contributed by atoms with Crippen LogP contribution in [0.5, 0.6) is 5.88 Å². The van der Waals surface area contributed by atoms with E-state index >= 15 is 0 Å². The maximum Gasteiger partial charge on any atom is 0.224 e. The van der Waals surface area contributed by atoms with E-state index < -0.39 is 9.84 Å². The summed E-state index contributed by atoms with van der Waals surface area (Å²) >= 11 is 3.52. The number of pyridine rings is 2. The number of rotatable bonds is 5. The van der Waals surface area contributed by atoms with Gasteiger partial charge in [0, 0.05) is 30.1 Å². The van der Waals surface area contributed by atoms with Crippen LogP contribution in [0.25, 0.3) is 21.9 Å². The van der Waals surface area contributed by atoms with E-state index in [4.69, 9.17) is 9.47 Å². The molecule has 0 unspecified atom stereocenters. The molecule has 3 aromatic heterocycles. The van der Waals surface area contributed by atoms with Crippen LogP contribution in [-0.4, -0.2) is 49.5 Å². The van der Waals surface area contributed by atoms with E-state index in [1.807, 2.05) is 10.6 Å². The largest absolute Gasteiger partial charge is 0.480 e. The Bertz CT molecular complexity index is 1480. The lowest BCUT2D eigenvalue weighted by Crippen LogP contribution is -2.27. The number of hydrogen-bond donors (Lipinski definition) is 0. The molecule has 1 atom stereocenters. The highest BCUT2D eigenvalue weighted by Gasteiger charge is 2.33. The number of benzene rings is 1. The Morgan fingerprint density at radius 1 is 1.18 bits per heavy atom. The molecule has 0 radical (unpaired) electrons.